The summed E-state index contributed by atoms with van der Waals surface area (Å²) in [6.45, 7) is 12.3. The van der Waals surface area contributed by atoms with E-state index >= 15 is 0 Å². The van der Waals surface area contributed by atoms with Crippen LogP contribution in [0.2, 0.25) is 0 Å². The van der Waals surface area contributed by atoms with E-state index in [1.165, 1.54) is 18.2 Å². The van der Waals surface area contributed by atoms with E-state index in [9.17, 15) is 24.1 Å². The van der Waals surface area contributed by atoms with Gasteiger partial charge in [-0.15, -0.1) is 0 Å². The number of aromatic nitrogens is 3. The molecule has 0 fully saturated rings. The SMILES string of the molecule is CC(C)(C)N.CCCCc1nc2c(N)nc3cc(C(C)C)ccc3c2n1Cc1cc(OP(O)O)ccc1OP(=O)(O)O. The van der Waals surface area contributed by atoms with E-state index in [0.29, 0.717) is 23.4 Å². The lowest BCUT2D eigenvalue weighted by molar-refractivity contribution is 0.281. The Balaban J connectivity index is 0.000000892. The average Bonchev–Trinajstić information content (AvgIpc) is 3.20. The van der Waals surface area contributed by atoms with Crippen LogP contribution in [0.1, 0.15) is 77.3 Å². The summed E-state index contributed by atoms with van der Waals surface area (Å²) in [5.41, 5.74) is 15.2. The molecule has 0 spiro atoms. The maximum Gasteiger partial charge on any atom is 0.524 e. The number of fused-ring (bicyclic) bond motifs is 3. The molecule has 2 aromatic carbocycles. The number of aryl methyl sites for hydroxylation is 1. The van der Waals surface area contributed by atoms with Gasteiger partial charge in [-0.2, -0.15) is 0 Å². The third kappa shape index (κ3) is 9.34. The fraction of sp³-hybridized carbons (Fsp3) is 0.429. The number of pyridine rings is 1. The summed E-state index contributed by atoms with van der Waals surface area (Å²) in [7, 11) is -7.57. The lowest BCUT2D eigenvalue weighted by Gasteiger charge is -2.17. The Bertz CT molecular complexity index is 1570. The fourth-order valence-electron chi connectivity index (χ4n) is 4.25. The van der Waals surface area contributed by atoms with Crippen molar-refractivity contribution in [2.24, 2.45) is 5.73 Å². The molecule has 0 bridgehead atoms. The van der Waals surface area contributed by atoms with Gasteiger partial charge in [0.25, 0.3) is 0 Å². The Labute approximate surface area is 246 Å². The number of phosphoric ester groups is 1. The standard InChI is InChI=1S/C24H30N4O7P2.C4H11N/c1-4-5-6-21-27-22-23(18-9-7-15(14(2)3)12-19(18)26-24(22)25)28(21)13-16-11-17(34-36(29)30)8-10-20(16)35-37(31,32)33;1-4(2,3)5/h7-12,14,29-30H,4-6,13H2,1-3H3,(H2,25,26)(H2,31,32,33);5H2,1-3H3. The predicted octanol–water partition coefficient (Wildman–Crippen LogP) is 5.49. The van der Waals surface area contributed by atoms with Crippen LogP contribution in [0.5, 0.6) is 11.5 Å². The maximum atomic E-state index is 11.7. The number of benzene rings is 2. The lowest BCUT2D eigenvalue weighted by atomic mass is 10.0. The van der Waals surface area contributed by atoms with Gasteiger partial charge >= 0.3 is 16.4 Å². The molecule has 4 rings (SSSR count). The van der Waals surface area contributed by atoms with E-state index in [1.54, 1.807) is 0 Å². The highest BCUT2D eigenvalue weighted by molar-refractivity contribution is 7.46. The van der Waals surface area contributed by atoms with Crippen LogP contribution in [-0.2, 0) is 17.5 Å². The van der Waals surface area contributed by atoms with E-state index in [0.717, 1.165) is 40.6 Å². The molecule has 2 aromatic heterocycles. The second-order valence-corrected chi connectivity index (χ2v) is 13.3. The Morgan fingerprint density at radius 1 is 1.10 bits per heavy atom. The zero-order valence-corrected chi connectivity index (χ0v) is 26.6. The van der Waals surface area contributed by atoms with Crippen molar-refractivity contribution >= 4 is 44.2 Å². The summed E-state index contributed by atoms with van der Waals surface area (Å²) in [6.07, 6.45) is 2.43. The van der Waals surface area contributed by atoms with E-state index in [4.69, 9.17) is 25.5 Å². The highest BCUT2D eigenvalue weighted by Gasteiger charge is 2.23. The number of imidazole rings is 1. The first-order chi connectivity index (χ1) is 19.5. The van der Waals surface area contributed by atoms with Crippen LogP contribution < -0.4 is 20.5 Å². The van der Waals surface area contributed by atoms with Gasteiger partial charge in [-0.25, -0.2) is 14.5 Å². The van der Waals surface area contributed by atoms with Gasteiger partial charge < -0.3 is 34.9 Å². The van der Waals surface area contributed by atoms with Crippen LogP contribution in [0.25, 0.3) is 21.9 Å². The van der Waals surface area contributed by atoms with Crippen LogP contribution in [-0.4, -0.2) is 39.6 Å². The van der Waals surface area contributed by atoms with Crippen molar-refractivity contribution in [3.63, 3.8) is 0 Å². The van der Waals surface area contributed by atoms with Gasteiger partial charge in [0.2, 0.25) is 0 Å². The zero-order chi connectivity index (χ0) is 31.4. The van der Waals surface area contributed by atoms with Crippen molar-refractivity contribution in [3.8, 4) is 11.5 Å². The summed E-state index contributed by atoms with van der Waals surface area (Å²) in [6, 6.07) is 10.1. The molecule has 8 N–H and O–H groups in total. The molecule has 230 valence electrons. The first kappa shape index (κ1) is 33.7. The fourth-order valence-corrected chi connectivity index (χ4v) is 4.98. The Kier molecular flexibility index (Phi) is 10.9. The summed E-state index contributed by atoms with van der Waals surface area (Å²) in [5, 5.41) is 0.836. The molecule has 0 saturated heterocycles. The minimum Gasteiger partial charge on any atom is -0.427 e. The topological polar surface area (TPSA) is 199 Å². The summed E-state index contributed by atoms with van der Waals surface area (Å²) in [5.74, 6) is 1.35. The predicted molar refractivity (Wildman–Crippen MR) is 166 cm³/mol. The molecule has 0 aliphatic heterocycles. The Morgan fingerprint density at radius 2 is 1.76 bits per heavy atom. The third-order valence-corrected chi connectivity index (χ3v) is 6.80. The Morgan fingerprint density at radius 3 is 2.33 bits per heavy atom. The van der Waals surface area contributed by atoms with Crippen LogP contribution in [0.4, 0.5) is 5.82 Å². The van der Waals surface area contributed by atoms with Gasteiger partial charge in [-0.05, 0) is 62.9 Å². The number of hydrogen-bond donors (Lipinski definition) is 6. The van der Waals surface area contributed by atoms with Gasteiger partial charge in [0.15, 0.2) is 5.82 Å². The second-order valence-electron chi connectivity index (χ2n) is 11.4. The summed E-state index contributed by atoms with van der Waals surface area (Å²) in [4.78, 5) is 46.9. The first-order valence-corrected chi connectivity index (χ1v) is 16.3. The van der Waals surface area contributed by atoms with Crippen molar-refractivity contribution in [2.45, 2.75) is 78.8 Å². The molecular weight excluding hydrogens is 580 g/mol. The zero-order valence-electron chi connectivity index (χ0n) is 24.8. The van der Waals surface area contributed by atoms with Gasteiger partial charge in [-0.3, -0.25) is 9.79 Å². The molecule has 0 unspecified atom stereocenters. The quantitative estimate of drug-likeness (QED) is 0.122. The van der Waals surface area contributed by atoms with E-state index < -0.39 is 16.4 Å². The van der Waals surface area contributed by atoms with Crippen molar-refractivity contribution in [1.82, 2.24) is 14.5 Å². The van der Waals surface area contributed by atoms with Gasteiger partial charge in [-0.1, -0.05) is 39.3 Å². The molecule has 0 radical (unpaired) electrons. The van der Waals surface area contributed by atoms with Gasteiger partial charge in [0.1, 0.15) is 22.8 Å². The normalized spacial score (nSPS) is 12.2. The number of phosphoric acid groups is 1. The summed E-state index contributed by atoms with van der Waals surface area (Å²) >= 11 is 0. The number of nitrogens with zero attached hydrogens (tertiary/aromatic N) is 3. The number of anilines is 1. The van der Waals surface area contributed by atoms with Crippen molar-refractivity contribution in [2.75, 3.05) is 5.73 Å². The first-order valence-electron chi connectivity index (χ1n) is 13.6. The van der Waals surface area contributed by atoms with Gasteiger partial charge in [0.05, 0.1) is 17.6 Å². The van der Waals surface area contributed by atoms with Crippen LogP contribution in [0, 0.1) is 0 Å². The molecule has 12 nitrogen and oxygen atoms in total. The summed E-state index contributed by atoms with van der Waals surface area (Å²) < 4.78 is 23.6. The van der Waals surface area contributed by atoms with Crippen molar-refractivity contribution in [1.29, 1.82) is 0 Å². The minimum absolute atomic E-state index is 0. The van der Waals surface area contributed by atoms with Crippen molar-refractivity contribution < 1.29 is 33.2 Å². The number of hydrogen-bond acceptors (Lipinski definition) is 9. The van der Waals surface area contributed by atoms with Gasteiger partial charge in [0, 0.05) is 22.9 Å². The second kappa shape index (κ2) is 13.7. The molecule has 2 heterocycles. The van der Waals surface area contributed by atoms with Crippen LogP contribution in [0.15, 0.2) is 36.4 Å². The number of nitrogen functional groups attached to an aromatic ring is 1. The highest BCUT2D eigenvalue weighted by Crippen LogP contribution is 2.42. The third-order valence-electron chi connectivity index (χ3n) is 5.99. The smallest absolute Gasteiger partial charge is 0.427 e. The molecular formula is C28H41N5O7P2. The molecule has 0 aliphatic carbocycles. The molecule has 0 saturated carbocycles. The van der Waals surface area contributed by atoms with Crippen LogP contribution in [0.3, 0.4) is 0 Å². The van der Waals surface area contributed by atoms with E-state index in [2.05, 4.69) is 25.8 Å². The Hall–Kier alpha value is -2.82. The molecule has 0 amide bonds. The maximum absolute atomic E-state index is 11.7. The van der Waals surface area contributed by atoms with Crippen LogP contribution >= 0.6 is 16.4 Å². The average molecular weight is 622 g/mol. The highest BCUT2D eigenvalue weighted by atomic mass is 31.2. The lowest BCUT2D eigenvalue weighted by Crippen LogP contribution is -2.26. The molecule has 4 aromatic rings. The molecule has 0 aliphatic rings. The monoisotopic (exact) mass is 621 g/mol. The van der Waals surface area contributed by atoms with E-state index in [1.807, 2.05) is 43.5 Å². The largest absolute Gasteiger partial charge is 0.524 e. The molecule has 42 heavy (non-hydrogen) atoms. The molecule has 0 atom stereocenters. The number of nitrogens with two attached hydrogens (primary N) is 2. The number of rotatable bonds is 10. The van der Waals surface area contributed by atoms with Crippen molar-refractivity contribution in [3.05, 3.63) is 53.3 Å². The molecule has 14 heteroatoms. The number of unbranched alkanes of at least 4 members (excludes halogenated alkanes) is 1. The minimum atomic E-state index is -4.88. The van der Waals surface area contributed by atoms with E-state index in [-0.39, 0.29) is 29.4 Å².